The molecule has 2 N–H and O–H groups in total. The van der Waals surface area contributed by atoms with Crippen LogP contribution < -0.4 is 9.13 Å². The number of oxazole rings is 2. The number of hydrogen-bond acceptors (Lipinski definition) is 4. The summed E-state index contributed by atoms with van der Waals surface area (Å²) >= 11 is 0. The van der Waals surface area contributed by atoms with Crippen molar-refractivity contribution in [3.05, 3.63) is 66.4 Å². The van der Waals surface area contributed by atoms with Crippen molar-refractivity contribution < 1.29 is 37.8 Å². The smallest absolute Gasteiger partial charge is 0.373 e. The van der Waals surface area contributed by atoms with Gasteiger partial charge in [-0.05, 0) is 12.1 Å². The van der Waals surface area contributed by atoms with Crippen LogP contribution in [-0.4, -0.2) is 22.2 Å². The third-order valence-corrected chi connectivity index (χ3v) is 4.97. The van der Waals surface area contributed by atoms with Gasteiger partial charge in [0.2, 0.25) is 11.2 Å². The van der Waals surface area contributed by atoms with Gasteiger partial charge < -0.3 is 19.0 Å². The molecule has 8 nitrogen and oxygen atoms in total. The molecule has 0 saturated heterocycles. The average Bonchev–Trinajstić information content (AvgIpc) is 3.28. The molecule has 0 spiro atoms. The predicted molar refractivity (Wildman–Crippen MR) is 110 cm³/mol. The predicted octanol–water partition coefficient (Wildman–Crippen LogP) is 2.96. The Morgan fingerprint density at radius 2 is 1.35 bits per heavy atom. The van der Waals surface area contributed by atoms with Gasteiger partial charge in [0, 0.05) is 18.2 Å². The van der Waals surface area contributed by atoms with Crippen LogP contribution in [0.5, 0.6) is 0 Å². The van der Waals surface area contributed by atoms with Gasteiger partial charge in [0.15, 0.2) is 13.1 Å². The first-order chi connectivity index (χ1) is 15.0. The summed E-state index contributed by atoms with van der Waals surface area (Å²) in [6.07, 6.45) is 4.04. The average molecular weight is 422 g/mol. The van der Waals surface area contributed by atoms with Crippen LogP contribution in [0.1, 0.15) is 24.6 Å². The second-order valence-electron chi connectivity index (χ2n) is 7.07. The molecule has 4 aromatic rings. The van der Waals surface area contributed by atoms with Crippen LogP contribution in [0.25, 0.3) is 28.3 Å². The van der Waals surface area contributed by atoms with Gasteiger partial charge in [-0.25, -0.2) is 0 Å². The van der Waals surface area contributed by atoms with Crippen molar-refractivity contribution in [3.63, 3.8) is 0 Å². The standard InChI is InChI=1S/C23H20N2O6/c26-22(27)12-14-24-16-6-1-3-8-18(16)30-20(24)10-5-11-21-25(15-13-23(28)29)17-7-2-4-9-19(17)31-21/h1-10H,11-15H2/p+2/b10-5+. The zero-order chi connectivity index (χ0) is 21.8. The van der Waals surface area contributed by atoms with E-state index in [1.165, 1.54) is 0 Å². The number of carboxylic acids is 2. The van der Waals surface area contributed by atoms with Crippen LogP contribution in [-0.2, 0) is 29.1 Å². The summed E-state index contributed by atoms with van der Waals surface area (Å²) < 4.78 is 15.5. The molecular formula is C23H22N2O6+2. The maximum absolute atomic E-state index is 11.1. The van der Waals surface area contributed by atoms with E-state index in [2.05, 4.69) is 0 Å². The van der Waals surface area contributed by atoms with Gasteiger partial charge in [-0.2, -0.15) is 9.13 Å². The lowest BCUT2D eigenvalue weighted by atomic mass is 10.3. The second-order valence-corrected chi connectivity index (χ2v) is 7.07. The fourth-order valence-corrected chi connectivity index (χ4v) is 3.56. The lowest BCUT2D eigenvalue weighted by Crippen LogP contribution is -2.37. The van der Waals surface area contributed by atoms with Crippen LogP contribution in [0.15, 0.2) is 63.4 Å². The second kappa shape index (κ2) is 8.83. The van der Waals surface area contributed by atoms with Crippen LogP contribution in [0.2, 0.25) is 0 Å². The number of carboxylic acid groups (broad SMARTS) is 2. The molecule has 0 unspecified atom stereocenters. The highest BCUT2D eigenvalue weighted by atomic mass is 16.4. The summed E-state index contributed by atoms with van der Waals surface area (Å²) in [5.41, 5.74) is 3.03. The SMILES string of the molecule is O=C(O)CC[n+]1c(/C=C/Cc2oc3ccccc3[n+]2CCC(=O)O)oc2ccccc21. The van der Waals surface area contributed by atoms with E-state index in [9.17, 15) is 9.59 Å². The topological polar surface area (TPSA) is 109 Å². The number of carbonyl (C=O) groups is 2. The van der Waals surface area contributed by atoms with E-state index >= 15 is 0 Å². The molecule has 0 bridgehead atoms. The number of aromatic nitrogens is 2. The van der Waals surface area contributed by atoms with Crippen LogP contribution >= 0.6 is 0 Å². The number of para-hydroxylation sites is 4. The van der Waals surface area contributed by atoms with Crippen LogP contribution in [0.3, 0.4) is 0 Å². The van der Waals surface area contributed by atoms with Crippen molar-refractivity contribution in [3.8, 4) is 0 Å². The lowest BCUT2D eigenvalue weighted by molar-refractivity contribution is -0.682. The molecule has 0 aliphatic heterocycles. The highest BCUT2D eigenvalue weighted by Crippen LogP contribution is 2.17. The number of fused-ring (bicyclic) bond motifs is 2. The van der Waals surface area contributed by atoms with Crippen LogP contribution in [0, 0.1) is 0 Å². The molecule has 2 aromatic carbocycles. The first-order valence-corrected chi connectivity index (χ1v) is 9.94. The molecule has 4 rings (SSSR count). The number of rotatable bonds is 9. The van der Waals surface area contributed by atoms with E-state index in [1.54, 1.807) is 6.08 Å². The Morgan fingerprint density at radius 1 is 0.806 bits per heavy atom. The molecule has 2 aromatic heterocycles. The van der Waals surface area contributed by atoms with Gasteiger partial charge in [0.05, 0.1) is 6.42 Å². The van der Waals surface area contributed by atoms with E-state index in [0.717, 1.165) is 11.0 Å². The zero-order valence-electron chi connectivity index (χ0n) is 16.7. The Morgan fingerprint density at radius 3 is 2.00 bits per heavy atom. The van der Waals surface area contributed by atoms with Crippen molar-refractivity contribution in [2.24, 2.45) is 0 Å². The first kappa shape index (κ1) is 20.3. The molecule has 2 heterocycles. The van der Waals surface area contributed by atoms with Crippen molar-refractivity contribution >= 4 is 40.2 Å². The van der Waals surface area contributed by atoms with E-state index < -0.39 is 11.9 Å². The molecule has 8 heteroatoms. The number of aliphatic carboxylic acids is 2. The molecule has 0 aliphatic rings. The minimum atomic E-state index is -0.880. The lowest BCUT2D eigenvalue weighted by Gasteiger charge is -1.94. The van der Waals surface area contributed by atoms with E-state index in [4.69, 9.17) is 19.0 Å². The van der Waals surface area contributed by atoms with Gasteiger partial charge in [0.25, 0.3) is 11.0 Å². The van der Waals surface area contributed by atoms with Crippen molar-refractivity contribution in [1.82, 2.24) is 0 Å². The Labute approximate surface area is 177 Å². The monoisotopic (exact) mass is 422 g/mol. The number of allylic oxidation sites excluding steroid dienone is 1. The van der Waals surface area contributed by atoms with Gasteiger partial charge in [-0.3, -0.25) is 9.59 Å². The summed E-state index contributed by atoms with van der Waals surface area (Å²) in [6.45, 7) is 0.591. The Bertz CT molecular complexity index is 1280. The molecule has 31 heavy (non-hydrogen) atoms. The largest absolute Gasteiger partial charge is 0.481 e. The Balaban J connectivity index is 1.63. The number of hydrogen-bond donors (Lipinski definition) is 2. The Kier molecular flexibility index (Phi) is 5.79. The van der Waals surface area contributed by atoms with Crippen LogP contribution in [0.4, 0.5) is 0 Å². The fraction of sp³-hybridized carbons (Fsp3) is 0.217. The summed E-state index contributed by atoms with van der Waals surface area (Å²) in [5.74, 6) is -0.585. The molecular weight excluding hydrogens is 400 g/mol. The summed E-state index contributed by atoms with van der Waals surface area (Å²) in [5, 5.41) is 18.1. The highest BCUT2D eigenvalue weighted by Gasteiger charge is 2.24. The summed E-state index contributed by atoms with van der Waals surface area (Å²) in [6, 6.07) is 15.0. The number of nitrogens with zero attached hydrogens (tertiary/aromatic N) is 2. The maximum Gasteiger partial charge on any atom is 0.373 e. The number of aryl methyl sites for hydroxylation is 2. The van der Waals surface area contributed by atoms with Gasteiger partial charge in [-0.15, -0.1) is 0 Å². The Hall–Kier alpha value is -3.94. The number of benzene rings is 2. The quantitative estimate of drug-likeness (QED) is 0.402. The van der Waals surface area contributed by atoms with E-state index in [0.29, 0.717) is 35.9 Å². The summed E-state index contributed by atoms with van der Waals surface area (Å²) in [4.78, 5) is 22.1. The van der Waals surface area contributed by atoms with Crippen molar-refractivity contribution in [2.45, 2.75) is 32.4 Å². The minimum Gasteiger partial charge on any atom is -0.481 e. The van der Waals surface area contributed by atoms with E-state index in [-0.39, 0.29) is 19.4 Å². The minimum absolute atomic E-state index is 0.0102. The fourth-order valence-electron chi connectivity index (χ4n) is 3.56. The molecule has 0 aliphatic carbocycles. The third kappa shape index (κ3) is 4.48. The molecule has 0 fully saturated rings. The van der Waals surface area contributed by atoms with Gasteiger partial charge >= 0.3 is 23.7 Å². The van der Waals surface area contributed by atoms with Gasteiger partial charge in [-0.1, -0.05) is 30.3 Å². The molecule has 0 atom stereocenters. The van der Waals surface area contributed by atoms with E-state index in [1.807, 2.05) is 63.7 Å². The van der Waals surface area contributed by atoms with Crippen molar-refractivity contribution in [2.75, 3.05) is 0 Å². The first-order valence-electron chi connectivity index (χ1n) is 9.94. The molecule has 0 saturated carbocycles. The highest BCUT2D eigenvalue weighted by molar-refractivity contribution is 5.70. The molecule has 158 valence electrons. The van der Waals surface area contributed by atoms with Crippen molar-refractivity contribution in [1.29, 1.82) is 0 Å². The normalized spacial score (nSPS) is 11.6. The summed E-state index contributed by atoms with van der Waals surface area (Å²) in [7, 11) is 0. The molecule has 0 amide bonds. The zero-order valence-corrected chi connectivity index (χ0v) is 16.7. The third-order valence-electron chi connectivity index (χ3n) is 4.97. The maximum atomic E-state index is 11.1. The molecule has 0 radical (unpaired) electrons. The van der Waals surface area contributed by atoms with Gasteiger partial charge in [0.1, 0.15) is 12.8 Å².